The number of ketones is 1. The van der Waals surface area contributed by atoms with Gasteiger partial charge in [0.15, 0.2) is 5.78 Å². The van der Waals surface area contributed by atoms with Crippen LogP contribution in [0.4, 0.5) is 5.13 Å². The summed E-state index contributed by atoms with van der Waals surface area (Å²) >= 11 is 1.46. The summed E-state index contributed by atoms with van der Waals surface area (Å²) in [6, 6.07) is 9.04. The summed E-state index contributed by atoms with van der Waals surface area (Å²) in [7, 11) is 0. The summed E-state index contributed by atoms with van der Waals surface area (Å²) in [6.45, 7) is 0. The van der Waals surface area contributed by atoms with Gasteiger partial charge in [0, 0.05) is 24.3 Å². The fourth-order valence-corrected chi connectivity index (χ4v) is 3.91. The molecular formula is C18H21N3O2S. The molecular weight excluding hydrogens is 322 g/mol. The molecule has 126 valence electrons. The van der Waals surface area contributed by atoms with Gasteiger partial charge in [-0.25, -0.2) is 0 Å². The van der Waals surface area contributed by atoms with Gasteiger partial charge in [-0.3, -0.25) is 9.59 Å². The van der Waals surface area contributed by atoms with Gasteiger partial charge >= 0.3 is 0 Å². The molecule has 0 radical (unpaired) electrons. The summed E-state index contributed by atoms with van der Waals surface area (Å²) in [5.74, 6) is 0.276. The average molecular weight is 343 g/mol. The number of benzene rings is 1. The van der Waals surface area contributed by atoms with Gasteiger partial charge in [-0.05, 0) is 12.8 Å². The zero-order valence-electron chi connectivity index (χ0n) is 13.5. The second kappa shape index (κ2) is 8.15. The molecule has 0 atom stereocenters. The first-order valence-electron chi connectivity index (χ1n) is 8.44. The van der Waals surface area contributed by atoms with E-state index in [1.54, 1.807) is 12.1 Å². The quantitative estimate of drug-likeness (QED) is 0.798. The van der Waals surface area contributed by atoms with Crippen LogP contribution in [0.1, 0.15) is 66.2 Å². The van der Waals surface area contributed by atoms with Crippen molar-refractivity contribution in [1.82, 2.24) is 10.2 Å². The average Bonchev–Trinajstić information content (AvgIpc) is 3.09. The van der Waals surface area contributed by atoms with Gasteiger partial charge < -0.3 is 5.32 Å². The van der Waals surface area contributed by atoms with Crippen LogP contribution in [-0.4, -0.2) is 21.9 Å². The number of hydrogen-bond acceptors (Lipinski definition) is 5. The van der Waals surface area contributed by atoms with Gasteiger partial charge in [0.05, 0.1) is 0 Å². The standard InChI is InChI=1S/C18H21N3O2S/c22-15(13-7-3-1-4-8-13)11-12-16(23)19-18-21-20-17(24-18)14-9-5-2-6-10-14/h1,3-4,7-8,14H,2,5-6,9-12H2,(H,19,21,23). The number of hydrogen-bond donors (Lipinski definition) is 1. The molecule has 2 aromatic rings. The second-order valence-corrected chi connectivity index (χ2v) is 7.13. The van der Waals surface area contributed by atoms with Crippen molar-refractivity contribution in [1.29, 1.82) is 0 Å². The van der Waals surface area contributed by atoms with Crippen LogP contribution in [0.3, 0.4) is 0 Å². The Morgan fingerprint density at radius 3 is 2.54 bits per heavy atom. The maximum Gasteiger partial charge on any atom is 0.226 e. The molecule has 24 heavy (non-hydrogen) atoms. The Morgan fingerprint density at radius 1 is 1.04 bits per heavy atom. The predicted octanol–water partition coefficient (Wildman–Crippen LogP) is 4.19. The van der Waals surface area contributed by atoms with Crippen molar-refractivity contribution in [2.75, 3.05) is 5.32 Å². The van der Waals surface area contributed by atoms with E-state index in [1.807, 2.05) is 18.2 Å². The van der Waals surface area contributed by atoms with E-state index in [2.05, 4.69) is 15.5 Å². The van der Waals surface area contributed by atoms with Gasteiger partial charge in [-0.2, -0.15) is 0 Å². The van der Waals surface area contributed by atoms with Crippen molar-refractivity contribution in [3.63, 3.8) is 0 Å². The normalized spacial score (nSPS) is 15.2. The first-order valence-corrected chi connectivity index (χ1v) is 9.25. The fraction of sp³-hybridized carbons (Fsp3) is 0.444. The van der Waals surface area contributed by atoms with E-state index >= 15 is 0 Å². The lowest BCUT2D eigenvalue weighted by Gasteiger charge is -2.18. The topological polar surface area (TPSA) is 72.0 Å². The van der Waals surface area contributed by atoms with Crippen molar-refractivity contribution in [3.05, 3.63) is 40.9 Å². The number of nitrogens with zero attached hydrogens (tertiary/aromatic N) is 2. The highest BCUT2D eigenvalue weighted by molar-refractivity contribution is 7.15. The zero-order chi connectivity index (χ0) is 16.8. The molecule has 5 nitrogen and oxygen atoms in total. The van der Waals surface area contributed by atoms with Crippen LogP contribution in [0.2, 0.25) is 0 Å². The second-order valence-electron chi connectivity index (χ2n) is 6.12. The molecule has 1 N–H and O–H groups in total. The van der Waals surface area contributed by atoms with E-state index in [1.165, 1.54) is 30.6 Å². The molecule has 1 saturated carbocycles. The minimum absolute atomic E-state index is 0.0223. The number of amides is 1. The van der Waals surface area contributed by atoms with Crippen molar-refractivity contribution in [2.45, 2.75) is 50.9 Å². The Morgan fingerprint density at radius 2 is 1.79 bits per heavy atom. The molecule has 0 spiro atoms. The van der Waals surface area contributed by atoms with Crippen molar-refractivity contribution in [2.24, 2.45) is 0 Å². The first-order chi connectivity index (χ1) is 11.7. The third-order valence-corrected chi connectivity index (χ3v) is 5.32. The van der Waals surface area contributed by atoms with Crippen LogP contribution < -0.4 is 5.32 Å². The lowest BCUT2D eigenvalue weighted by molar-refractivity contribution is -0.116. The summed E-state index contributed by atoms with van der Waals surface area (Å²) < 4.78 is 0. The predicted molar refractivity (Wildman–Crippen MR) is 94.4 cm³/mol. The highest BCUT2D eigenvalue weighted by Gasteiger charge is 2.20. The number of anilines is 1. The van der Waals surface area contributed by atoms with Crippen molar-refractivity contribution >= 4 is 28.2 Å². The highest BCUT2D eigenvalue weighted by atomic mass is 32.1. The maximum absolute atomic E-state index is 12.0. The summed E-state index contributed by atoms with van der Waals surface area (Å²) in [5.41, 5.74) is 0.640. The lowest BCUT2D eigenvalue weighted by atomic mass is 9.90. The number of rotatable bonds is 6. The summed E-state index contributed by atoms with van der Waals surface area (Å²) in [4.78, 5) is 24.0. The number of aromatic nitrogens is 2. The third kappa shape index (κ3) is 4.47. The monoisotopic (exact) mass is 343 g/mol. The number of carbonyl (C=O) groups excluding carboxylic acids is 2. The first kappa shape index (κ1) is 16.8. The Balaban J connectivity index is 1.48. The molecule has 1 amide bonds. The molecule has 0 saturated heterocycles. The van der Waals surface area contributed by atoms with Gasteiger partial charge in [-0.15, -0.1) is 10.2 Å². The fourth-order valence-electron chi connectivity index (χ4n) is 2.98. The van der Waals surface area contributed by atoms with E-state index in [-0.39, 0.29) is 24.5 Å². The molecule has 0 aliphatic heterocycles. The molecule has 6 heteroatoms. The van der Waals surface area contributed by atoms with Crippen LogP contribution in [0, 0.1) is 0 Å². The molecule has 1 fully saturated rings. The van der Waals surface area contributed by atoms with Gasteiger partial charge in [-0.1, -0.05) is 60.9 Å². The SMILES string of the molecule is O=C(CCC(=O)c1ccccc1)Nc1nnc(C2CCCCC2)s1. The van der Waals surface area contributed by atoms with Crippen LogP contribution >= 0.6 is 11.3 Å². The van der Waals surface area contributed by atoms with Gasteiger partial charge in [0.25, 0.3) is 0 Å². The summed E-state index contributed by atoms with van der Waals surface area (Å²) in [6.07, 6.45) is 6.47. The van der Waals surface area contributed by atoms with Crippen molar-refractivity contribution < 1.29 is 9.59 Å². The Labute approximate surface area is 145 Å². The zero-order valence-corrected chi connectivity index (χ0v) is 14.3. The molecule has 1 aromatic heterocycles. The molecule has 0 bridgehead atoms. The Hall–Kier alpha value is -2.08. The lowest BCUT2D eigenvalue weighted by Crippen LogP contribution is -2.13. The maximum atomic E-state index is 12.0. The Bertz CT molecular complexity index is 693. The molecule has 0 unspecified atom stereocenters. The minimum atomic E-state index is -0.189. The molecule has 3 rings (SSSR count). The molecule has 1 aliphatic carbocycles. The van der Waals surface area contributed by atoms with Gasteiger partial charge in [0.2, 0.25) is 11.0 Å². The van der Waals surface area contributed by atoms with E-state index < -0.39 is 0 Å². The number of carbonyl (C=O) groups is 2. The number of nitrogens with one attached hydrogen (secondary N) is 1. The van der Waals surface area contributed by atoms with Crippen LogP contribution in [0.5, 0.6) is 0 Å². The van der Waals surface area contributed by atoms with E-state index in [0.717, 1.165) is 17.8 Å². The van der Waals surface area contributed by atoms with E-state index in [4.69, 9.17) is 0 Å². The van der Waals surface area contributed by atoms with Crippen LogP contribution in [0.15, 0.2) is 30.3 Å². The number of Topliss-reactive ketones (excluding diaryl/α,β-unsaturated/α-hetero) is 1. The molecule has 1 aromatic carbocycles. The smallest absolute Gasteiger partial charge is 0.226 e. The largest absolute Gasteiger partial charge is 0.301 e. The highest BCUT2D eigenvalue weighted by Crippen LogP contribution is 2.35. The minimum Gasteiger partial charge on any atom is -0.301 e. The van der Waals surface area contributed by atoms with E-state index in [0.29, 0.717) is 16.6 Å². The third-order valence-electron chi connectivity index (χ3n) is 4.32. The molecule has 1 aliphatic rings. The van der Waals surface area contributed by atoms with Crippen molar-refractivity contribution in [3.8, 4) is 0 Å². The van der Waals surface area contributed by atoms with Crippen LogP contribution in [-0.2, 0) is 4.79 Å². The summed E-state index contributed by atoms with van der Waals surface area (Å²) in [5, 5.41) is 12.6. The Kier molecular flexibility index (Phi) is 5.69. The van der Waals surface area contributed by atoms with Crippen LogP contribution in [0.25, 0.3) is 0 Å². The molecule has 1 heterocycles. The van der Waals surface area contributed by atoms with E-state index in [9.17, 15) is 9.59 Å². The van der Waals surface area contributed by atoms with Gasteiger partial charge in [0.1, 0.15) is 5.01 Å².